The number of rotatable bonds is 2. The van der Waals surface area contributed by atoms with Crippen LogP contribution in [0.2, 0.25) is 0 Å². The zero-order valence-corrected chi connectivity index (χ0v) is 12.0. The van der Waals surface area contributed by atoms with E-state index in [1.807, 2.05) is 20.8 Å². The van der Waals surface area contributed by atoms with E-state index >= 15 is 0 Å². The summed E-state index contributed by atoms with van der Waals surface area (Å²) < 4.78 is 9.06. The summed E-state index contributed by atoms with van der Waals surface area (Å²) in [4.78, 5) is 20.4. The third-order valence-corrected chi connectivity index (χ3v) is 2.66. The Balaban J connectivity index is 0.000000631. The molecule has 1 rings (SSSR count). The Kier molecular flexibility index (Phi) is 7.39. The molecule has 2 unspecified atom stereocenters. The number of carbonyl (C=O) groups is 2. The van der Waals surface area contributed by atoms with Crippen LogP contribution in [0.4, 0.5) is 4.79 Å². The number of nitrogens with one attached hydrogen (secondary N) is 1. The van der Waals surface area contributed by atoms with Crippen molar-refractivity contribution in [3.05, 3.63) is 0 Å². The maximum atomic E-state index is 11.4. The summed E-state index contributed by atoms with van der Waals surface area (Å²) in [5.74, 6) is 0.586. The summed E-state index contributed by atoms with van der Waals surface area (Å²) in [5, 5.41) is 2.92. The van der Waals surface area contributed by atoms with E-state index in [0.717, 1.165) is 6.42 Å². The molecule has 0 saturated heterocycles. The Morgan fingerprint density at radius 2 is 1.89 bits per heavy atom. The lowest BCUT2D eigenvalue weighted by Gasteiger charge is -2.23. The second-order valence-corrected chi connectivity index (χ2v) is 5.49. The summed E-state index contributed by atoms with van der Waals surface area (Å²) in [5.41, 5.74) is -0.397. The van der Waals surface area contributed by atoms with Crippen LogP contribution in [-0.2, 0) is 14.3 Å². The number of methoxy groups -OCH3 is 1. The minimum Gasteiger partial charge on any atom is -0.471 e. The van der Waals surface area contributed by atoms with Crippen molar-refractivity contribution in [2.24, 2.45) is 5.92 Å². The van der Waals surface area contributed by atoms with Gasteiger partial charge in [0.15, 0.2) is 0 Å². The van der Waals surface area contributed by atoms with Gasteiger partial charge in [-0.05, 0) is 39.5 Å². The number of ether oxygens (including phenoxy) is 2. The molecule has 0 radical (unpaired) electrons. The van der Waals surface area contributed by atoms with E-state index in [2.05, 4.69) is 17.0 Å². The minimum atomic E-state index is -0.397. The van der Waals surface area contributed by atoms with Crippen LogP contribution in [0.1, 0.15) is 47.0 Å². The van der Waals surface area contributed by atoms with Crippen molar-refractivity contribution in [3.8, 4) is 0 Å². The molecule has 1 saturated carbocycles. The topological polar surface area (TPSA) is 64.6 Å². The summed E-state index contributed by atoms with van der Waals surface area (Å²) in [6.45, 7) is 8.19. The van der Waals surface area contributed by atoms with Gasteiger partial charge in [0.2, 0.25) is 0 Å². The molecule has 1 aliphatic rings. The first kappa shape index (κ1) is 16.7. The Labute approximate surface area is 109 Å². The van der Waals surface area contributed by atoms with Gasteiger partial charge in [-0.1, -0.05) is 13.3 Å². The lowest BCUT2D eigenvalue weighted by molar-refractivity contribution is -0.126. The number of alkyl carbamates (subject to hydrolysis) is 1. The van der Waals surface area contributed by atoms with Gasteiger partial charge in [0.1, 0.15) is 5.60 Å². The van der Waals surface area contributed by atoms with E-state index in [1.54, 1.807) is 0 Å². The Morgan fingerprint density at radius 3 is 2.22 bits per heavy atom. The molecule has 1 N–H and O–H groups in total. The van der Waals surface area contributed by atoms with Crippen LogP contribution in [0, 0.1) is 5.92 Å². The highest BCUT2D eigenvalue weighted by Crippen LogP contribution is 2.25. The molecule has 0 aromatic carbocycles. The molecule has 5 heteroatoms. The molecule has 5 nitrogen and oxygen atoms in total. The Hall–Kier alpha value is -1.26. The largest absolute Gasteiger partial charge is 0.471 e. The van der Waals surface area contributed by atoms with Crippen LogP contribution in [0.15, 0.2) is 0 Å². The quantitative estimate of drug-likeness (QED) is 0.774. The van der Waals surface area contributed by atoms with Crippen molar-refractivity contribution in [2.45, 2.75) is 58.6 Å². The van der Waals surface area contributed by atoms with Gasteiger partial charge in [-0.15, -0.1) is 0 Å². The van der Waals surface area contributed by atoms with Crippen LogP contribution in [0.3, 0.4) is 0 Å². The number of amides is 1. The van der Waals surface area contributed by atoms with Crippen molar-refractivity contribution >= 4 is 12.6 Å². The third kappa shape index (κ3) is 7.92. The van der Waals surface area contributed by atoms with Crippen molar-refractivity contribution in [3.63, 3.8) is 0 Å². The van der Waals surface area contributed by atoms with E-state index < -0.39 is 5.60 Å². The van der Waals surface area contributed by atoms with E-state index in [9.17, 15) is 4.79 Å². The second-order valence-electron chi connectivity index (χ2n) is 5.49. The highest BCUT2D eigenvalue weighted by atomic mass is 16.6. The van der Waals surface area contributed by atoms with Gasteiger partial charge in [-0.25, -0.2) is 4.79 Å². The van der Waals surface area contributed by atoms with Crippen molar-refractivity contribution in [1.29, 1.82) is 0 Å². The number of hydrogen-bond acceptors (Lipinski definition) is 4. The fraction of sp³-hybridized carbons (Fsp3) is 0.846. The molecule has 18 heavy (non-hydrogen) atoms. The normalized spacial score (nSPS) is 22.5. The SMILES string of the molecule is CC1CCCC1NC(=O)OC(C)(C)C.COC=O. The van der Waals surface area contributed by atoms with Crippen molar-refractivity contribution in [2.75, 3.05) is 7.11 Å². The van der Waals surface area contributed by atoms with Gasteiger partial charge in [0, 0.05) is 6.04 Å². The first-order valence-electron chi connectivity index (χ1n) is 6.26. The van der Waals surface area contributed by atoms with Gasteiger partial charge in [-0.3, -0.25) is 4.79 Å². The molecule has 0 aromatic heterocycles. The highest BCUT2D eigenvalue weighted by molar-refractivity contribution is 5.68. The molecular formula is C13H25NO4. The minimum absolute atomic E-state index is 0.281. The van der Waals surface area contributed by atoms with Crippen molar-refractivity contribution < 1.29 is 19.1 Å². The van der Waals surface area contributed by atoms with E-state index in [4.69, 9.17) is 9.53 Å². The molecule has 1 aliphatic carbocycles. The smallest absolute Gasteiger partial charge is 0.407 e. The van der Waals surface area contributed by atoms with Crippen LogP contribution in [0.25, 0.3) is 0 Å². The van der Waals surface area contributed by atoms with Gasteiger partial charge < -0.3 is 14.8 Å². The fourth-order valence-electron chi connectivity index (χ4n) is 1.82. The van der Waals surface area contributed by atoms with Gasteiger partial charge in [0.05, 0.1) is 7.11 Å². The first-order chi connectivity index (χ1) is 8.30. The molecule has 0 aliphatic heterocycles. The summed E-state index contributed by atoms with van der Waals surface area (Å²) >= 11 is 0. The monoisotopic (exact) mass is 259 g/mol. The van der Waals surface area contributed by atoms with Crippen LogP contribution < -0.4 is 5.32 Å². The van der Waals surface area contributed by atoms with Gasteiger partial charge in [0.25, 0.3) is 6.47 Å². The summed E-state index contributed by atoms with van der Waals surface area (Å²) in [6.07, 6.45) is 3.22. The van der Waals surface area contributed by atoms with E-state index in [-0.39, 0.29) is 6.09 Å². The van der Waals surface area contributed by atoms with Crippen LogP contribution in [0.5, 0.6) is 0 Å². The summed E-state index contributed by atoms with van der Waals surface area (Å²) in [7, 11) is 1.31. The van der Waals surface area contributed by atoms with E-state index in [0.29, 0.717) is 18.4 Å². The maximum absolute atomic E-state index is 11.4. The fourth-order valence-corrected chi connectivity index (χ4v) is 1.82. The van der Waals surface area contributed by atoms with Crippen molar-refractivity contribution in [1.82, 2.24) is 5.32 Å². The molecule has 1 fully saturated rings. The van der Waals surface area contributed by atoms with Crippen LogP contribution >= 0.6 is 0 Å². The van der Waals surface area contributed by atoms with Gasteiger partial charge in [-0.2, -0.15) is 0 Å². The van der Waals surface area contributed by atoms with Crippen LogP contribution in [-0.4, -0.2) is 31.3 Å². The maximum Gasteiger partial charge on any atom is 0.407 e. The summed E-state index contributed by atoms with van der Waals surface area (Å²) in [6, 6.07) is 0.310. The predicted molar refractivity (Wildman–Crippen MR) is 69.2 cm³/mol. The Morgan fingerprint density at radius 1 is 1.33 bits per heavy atom. The zero-order valence-electron chi connectivity index (χ0n) is 12.0. The third-order valence-electron chi connectivity index (χ3n) is 2.66. The average molecular weight is 259 g/mol. The molecule has 0 heterocycles. The van der Waals surface area contributed by atoms with Gasteiger partial charge >= 0.3 is 6.09 Å². The highest BCUT2D eigenvalue weighted by Gasteiger charge is 2.26. The Bertz CT molecular complexity index is 260. The molecule has 106 valence electrons. The lowest BCUT2D eigenvalue weighted by Crippen LogP contribution is -2.40. The standard InChI is InChI=1S/C11H21NO2.C2H4O2/c1-8-6-5-7-9(8)12-10(13)14-11(2,3)4;1-4-2-3/h8-9H,5-7H2,1-4H3,(H,12,13);2H,1H3. The molecule has 0 spiro atoms. The first-order valence-corrected chi connectivity index (χ1v) is 6.26. The predicted octanol–water partition coefficient (Wildman–Crippen LogP) is 2.49. The average Bonchev–Trinajstić information content (AvgIpc) is 2.62. The molecule has 0 aromatic rings. The molecule has 0 bridgehead atoms. The lowest BCUT2D eigenvalue weighted by atomic mass is 10.1. The molecule has 1 amide bonds. The van der Waals surface area contributed by atoms with E-state index in [1.165, 1.54) is 20.0 Å². The number of carbonyl (C=O) groups excluding carboxylic acids is 2. The molecule has 2 atom stereocenters. The second kappa shape index (κ2) is 7.95. The zero-order chi connectivity index (χ0) is 14.2. The number of hydrogen-bond donors (Lipinski definition) is 1. The molecular weight excluding hydrogens is 234 g/mol.